The van der Waals surface area contributed by atoms with E-state index in [0.717, 1.165) is 16.7 Å². The third kappa shape index (κ3) is 7.34. The van der Waals surface area contributed by atoms with Crippen LogP contribution in [0.4, 0.5) is 21.0 Å². The van der Waals surface area contributed by atoms with Gasteiger partial charge < -0.3 is 9.47 Å². The minimum absolute atomic E-state index is 0.0162. The first-order valence-electron chi connectivity index (χ1n) is 11.6. The van der Waals surface area contributed by atoms with Crippen LogP contribution in [-0.4, -0.2) is 12.2 Å². The molecule has 6 nitrogen and oxygen atoms in total. The molecule has 0 spiro atoms. The highest BCUT2D eigenvalue weighted by atomic mass is 16.6. The van der Waals surface area contributed by atoms with Gasteiger partial charge >= 0.3 is 12.2 Å². The average molecular weight is 475 g/mol. The van der Waals surface area contributed by atoms with E-state index in [1.165, 1.54) is 0 Å². The number of benzene rings is 3. The van der Waals surface area contributed by atoms with Crippen LogP contribution < -0.4 is 20.1 Å². The highest BCUT2D eigenvalue weighted by molar-refractivity contribution is 5.91. The van der Waals surface area contributed by atoms with Gasteiger partial charge in [0.2, 0.25) is 0 Å². The summed E-state index contributed by atoms with van der Waals surface area (Å²) in [5, 5.41) is 5.43. The summed E-state index contributed by atoms with van der Waals surface area (Å²) >= 11 is 0. The van der Waals surface area contributed by atoms with Gasteiger partial charge in [-0.15, -0.1) is 0 Å². The molecule has 0 bridgehead atoms. The van der Waals surface area contributed by atoms with Gasteiger partial charge in [-0.2, -0.15) is 0 Å². The van der Waals surface area contributed by atoms with Crippen molar-refractivity contribution in [1.29, 1.82) is 0 Å². The van der Waals surface area contributed by atoms with Crippen molar-refractivity contribution < 1.29 is 19.1 Å². The molecule has 35 heavy (non-hydrogen) atoms. The van der Waals surface area contributed by atoms with Gasteiger partial charge in [-0.3, -0.25) is 10.6 Å². The number of carbonyl (C=O) groups is 2. The van der Waals surface area contributed by atoms with E-state index in [0.29, 0.717) is 22.9 Å². The first-order valence-corrected chi connectivity index (χ1v) is 11.6. The van der Waals surface area contributed by atoms with E-state index in [4.69, 9.17) is 9.47 Å². The number of ether oxygens (including phenoxy) is 2. The molecule has 0 aliphatic carbocycles. The lowest BCUT2D eigenvalue weighted by Gasteiger charge is -2.19. The van der Waals surface area contributed by atoms with E-state index in [-0.39, 0.29) is 10.8 Å². The number of anilines is 2. The van der Waals surface area contributed by atoms with Crippen LogP contribution in [0.15, 0.2) is 66.7 Å². The van der Waals surface area contributed by atoms with E-state index < -0.39 is 12.2 Å². The van der Waals surface area contributed by atoms with Crippen molar-refractivity contribution in [3.8, 4) is 11.5 Å². The Morgan fingerprint density at radius 2 is 1.06 bits per heavy atom. The lowest BCUT2D eigenvalue weighted by Crippen LogP contribution is -2.19. The van der Waals surface area contributed by atoms with Gasteiger partial charge in [-0.25, -0.2) is 9.59 Å². The minimum atomic E-state index is -0.621. The predicted octanol–water partition coefficient (Wildman–Crippen LogP) is 7.81. The summed E-state index contributed by atoms with van der Waals surface area (Å²) in [6, 6.07) is 20.0. The number of nitrogens with one attached hydrogen (secondary N) is 2. The molecule has 0 unspecified atom stereocenters. The fourth-order valence-corrected chi connectivity index (χ4v) is 3.37. The van der Waals surface area contributed by atoms with Crippen molar-refractivity contribution in [3.05, 3.63) is 83.4 Å². The Balaban J connectivity index is 1.60. The summed E-state index contributed by atoms with van der Waals surface area (Å²) in [5.74, 6) is 0.894. The summed E-state index contributed by atoms with van der Waals surface area (Å²) in [7, 11) is 0. The van der Waals surface area contributed by atoms with Gasteiger partial charge in [-0.1, -0.05) is 71.9 Å². The van der Waals surface area contributed by atoms with Crippen LogP contribution in [0.5, 0.6) is 11.5 Å². The smallest absolute Gasteiger partial charge is 0.410 e. The standard InChI is InChI=1S/C29H34N2O4/c1-19-8-13-22(30-26(32)34-23-14-9-20(10-15-23)28(2,3)4)18-25(19)31-27(33)35-24-16-11-21(12-17-24)29(5,6)7/h8-18H,1-7H3,(H,30,32)(H,31,33). The summed E-state index contributed by atoms with van der Waals surface area (Å²) in [6.07, 6.45) is -1.24. The second-order valence-corrected chi connectivity index (χ2v) is 10.6. The van der Waals surface area contributed by atoms with Gasteiger partial charge in [0.05, 0.1) is 0 Å². The highest BCUT2D eigenvalue weighted by Gasteiger charge is 2.16. The topological polar surface area (TPSA) is 76.7 Å². The Morgan fingerprint density at radius 1 is 0.629 bits per heavy atom. The molecule has 0 aliphatic heterocycles. The molecular formula is C29H34N2O4. The van der Waals surface area contributed by atoms with Crippen LogP contribution in [0.3, 0.4) is 0 Å². The molecule has 0 aromatic heterocycles. The number of carbonyl (C=O) groups excluding carboxylic acids is 2. The molecular weight excluding hydrogens is 440 g/mol. The highest BCUT2D eigenvalue weighted by Crippen LogP contribution is 2.26. The number of hydrogen-bond donors (Lipinski definition) is 2. The van der Waals surface area contributed by atoms with Gasteiger partial charge in [0.1, 0.15) is 11.5 Å². The first kappa shape index (κ1) is 25.8. The van der Waals surface area contributed by atoms with Gasteiger partial charge in [0.15, 0.2) is 0 Å². The zero-order valence-corrected chi connectivity index (χ0v) is 21.5. The van der Waals surface area contributed by atoms with Crippen LogP contribution in [0, 0.1) is 6.92 Å². The lowest BCUT2D eigenvalue weighted by atomic mass is 9.87. The monoisotopic (exact) mass is 474 g/mol. The van der Waals surface area contributed by atoms with E-state index >= 15 is 0 Å². The summed E-state index contributed by atoms with van der Waals surface area (Å²) < 4.78 is 10.8. The molecule has 6 heteroatoms. The van der Waals surface area contributed by atoms with Crippen LogP contribution in [0.25, 0.3) is 0 Å². The predicted molar refractivity (Wildman–Crippen MR) is 141 cm³/mol. The normalized spacial score (nSPS) is 11.5. The SMILES string of the molecule is Cc1ccc(NC(=O)Oc2ccc(C(C)(C)C)cc2)cc1NC(=O)Oc1ccc(C(C)(C)C)cc1. The third-order valence-electron chi connectivity index (χ3n) is 5.58. The summed E-state index contributed by atoms with van der Waals surface area (Å²) in [4.78, 5) is 24.8. The minimum Gasteiger partial charge on any atom is -0.410 e. The Kier molecular flexibility index (Phi) is 7.54. The largest absolute Gasteiger partial charge is 0.417 e. The van der Waals surface area contributed by atoms with Crippen LogP contribution >= 0.6 is 0 Å². The van der Waals surface area contributed by atoms with Crippen molar-refractivity contribution in [1.82, 2.24) is 0 Å². The Bertz CT molecular complexity index is 1190. The van der Waals surface area contributed by atoms with Crippen molar-refractivity contribution in [2.75, 3.05) is 10.6 Å². The molecule has 0 aliphatic rings. The molecule has 3 aromatic carbocycles. The fraction of sp³-hybridized carbons (Fsp3) is 0.310. The van der Waals surface area contributed by atoms with Crippen molar-refractivity contribution in [3.63, 3.8) is 0 Å². The molecule has 184 valence electrons. The maximum atomic E-state index is 12.4. The molecule has 3 rings (SSSR count). The zero-order chi connectivity index (χ0) is 25.8. The van der Waals surface area contributed by atoms with Crippen LogP contribution in [-0.2, 0) is 10.8 Å². The van der Waals surface area contributed by atoms with E-state index in [9.17, 15) is 9.59 Å². The quantitative estimate of drug-likeness (QED) is 0.404. The molecule has 3 aromatic rings. The number of rotatable bonds is 4. The third-order valence-corrected chi connectivity index (χ3v) is 5.58. The number of amides is 2. The van der Waals surface area contributed by atoms with Crippen molar-refractivity contribution in [2.45, 2.75) is 59.3 Å². The van der Waals surface area contributed by atoms with Crippen molar-refractivity contribution in [2.24, 2.45) is 0 Å². The molecule has 0 heterocycles. The Labute approximate surface area is 207 Å². The fourth-order valence-electron chi connectivity index (χ4n) is 3.37. The second-order valence-electron chi connectivity index (χ2n) is 10.6. The Hall–Kier alpha value is -3.80. The summed E-state index contributed by atoms with van der Waals surface area (Å²) in [6.45, 7) is 14.6. The Morgan fingerprint density at radius 3 is 1.49 bits per heavy atom. The summed E-state index contributed by atoms with van der Waals surface area (Å²) in [5.41, 5.74) is 4.16. The van der Waals surface area contributed by atoms with Crippen LogP contribution in [0.1, 0.15) is 58.2 Å². The first-order chi connectivity index (χ1) is 16.3. The average Bonchev–Trinajstić information content (AvgIpc) is 2.75. The van der Waals surface area contributed by atoms with Gasteiger partial charge in [0, 0.05) is 11.4 Å². The molecule has 0 atom stereocenters. The maximum Gasteiger partial charge on any atom is 0.417 e. The van der Waals surface area contributed by atoms with E-state index in [2.05, 4.69) is 52.2 Å². The lowest BCUT2D eigenvalue weighted by molar-refractivity contribution is 0.214. The second kappa shape index (κ2) is 10.2. The van der Waals surface area contributed by atoms with E-state index in [1.807, 2.05) is 31.2 Å². The maximum absolute atomic E-state index is 12.4. The van der Waals surface area contributed by atoms with Crippen molar-refractivity contribution >= 4 is 23.6 Å². The molecule has 2 N–H and O–H groups in total. The molecule has 0 saturated heterocycles. The molecule has 0 saturated carbocycles. The zero-order valence-electron chi connectivity index (χ0n) is 21.5. The van der Waals surface area contributed by atoms with Gasteiger partial charge in [-0.05, 0) is 70.8 Å². The van der Waals surface area contributed by atoms with Gasteiger partial charge in [0.25, 0.3) is 0 Å². The van der Waals surface area contributed by atoms with E-state index in [1.54, 1.807) is 42.5 Å². The molecule has 0 radical (unpaired) electrons. The number of hydrogen-bond acceptors (Lipinski definition) is 4. The molecule has 0 fully saturated rings. The number of aryl methyl sites for hydroxylation is 1. The molecule has 2 amide bonds. The van der Waals surface area contributed by atoms with Crippen LogP contribution in [0.2, 0.25) is 0 Å².